The highest BCUT2D eigenvalue weighted by molar-refractivity contribution is 6.01. The van der Waals surface area contributed by atoms with E-state index in [1.54, 1.807) is 18.5 Å². The number of hydrogen-bond donors (Lipinski definition) is 3. The van der Waals surface area contributed by atoms with Crippen LogP contribution in [0.3, 0.4) is 0 Å². The number of carboxylic acids is 1. The minimum Gasteiger partial charge on any atom is -0.481 e. The molecule has 2 amide bonds. The van der Waals surface area contributed by atoms with Gasteiger partial charge in [0.15, 0.2) is 0 Å². The van der Waals surface area contributed by atoms with Crippen LogP contribution in [0.25, 0.3) is 10.8 Å². The Morgan fingerprint density at radius 3 is 2.90 bits per heavy atom. The van der Waals surface area contributed by atoms with Crippen molar-refractivity contribution in [1.29, 1.82) is 0 Å². The Labute approximate surface area is 115 Å². The van der Waals surface area contributed by atoms with E-state index in [2.05, 4.69) is 15.6 Å². The fourth-order valence-electron chi connectivity index (χ4n) is 1.84. The summed E-state index contributed by atoms with van der Waals surface area (Å²) in [6.45, 7) is 0.324. The van der Waals surface area contributed by atoms with Crippen LogP contribution in [-0.4, -0.2) is 28.6 Å². The SMILES string of the molecule is O=C(O)CCCNC(=O)Nc1cccc2cnccc12. The third-order valence-corrected chi connectivity index (χ3v) is 2.78. The summed E-state index contributed by atoms with van der Waals surface area (Å²) in [6.07, 6.45) is 3.84. The van der Waals surface area contributed by atoms with E-state index in [1.165, 1.54) is 0 Å². The molecule has 20 heavy (non-hydrogen) atoms. The van der Waals surface area contributed by atoms with Gasteiger partial charge in [0.2, 0.25) is 0 Å². The number of carbonyl (C=O) groups is 2. The number of nitrogens with zero attached hydrogens (tertiary/aromatic N) is 1. The molecule has 2 aromatic rings. The van der Waals surface area contributed by atoms with Crippen molar-refractivity contribution >= 4 is 28.5 Å². The molecule has 0 fully saturated rings. The molecule has 0 unspecified atom stereocenters. The average Bonchev–Trinajstić information content (AvgIpc) is 2.44. The van der Waals surface area contributed by atoms with E-state index in [0.717, 1.165) is 10.8 Å². The maximum Gasteiger partial charge on any atom is 0.319 e. The number of pyridine rings is 1. The first-order valence-corrected chi connectivity index (χ1v) is 6.26. The number of fused-ring (bicyclic) bond motifs is 1. The number of aromatic nitrogens is 1. The summed E-state index contributed by atoms with van der Waals surface area (Å²) in [5, 5.41) is 15.7. The van der Waals surface area contributed by atoms with Crippen molar-refractivity contribution < 1.29 is 14.7 Å². The van der Waals surface area contributed by atoms with Crippen LogP contribution in [0.4, 0.5) is 10.5 Å². The largest absolute Gasteiger partial charge is 0.481 e. The van der Waals surface area contributed by atoms with Crippen molar-refractivity contribution in [2.75, 3.05) is 11.9 Å². The molecule has 6 heteroatoms. The molecular weight excluding hydrogens is 258 g/mol. The summed E-state index contributed by atoms with van der Waals surface area (Å²) in [4.78, 5) is 26.1. The second-order valence-electron chi connectivity index (χ2n) is 4.28. The molecule has 0 radical (unpaired) electrons. The van der Waals surface area contributed by atoms with E-state index in [1.807, 2.05) is 18.2 Å². The van der Waals surface area contributed by atoms with Gasteiger partial charge in [-0.15, -0.1) is 0 Å². The Hall–Kier alpha value is -2.63. The fourth-order valence-corrected chi connectivity index (χ4v) is 1.84. The highest BCUT2D eigenvalue weighted by Gasteiger charge is 2.05. The van der Waals surface area contributed by atoms with Crippen molar-refractivity contribution in [3.8, 4) is 0 Å². The molecule has 3 N–H and O–H groups in total. The highest BCUT2D eigenvalue weighted by Crippen LogP contribution is 2.21. The van der Waals surface area contributed by atoms with Gasteiger partial charge in [0.05, 0.1) is 5.69 Å². The molecule has 2 rings (SSSR count). The van der Waals surface area contributed by atoms with Crippen LogP contribution in [-0.2, 0) is 4.79 Å². The first-order valence-electron chi connectivity index (χ1n) is 6.26. The maximum atomic E-state index is 11.7. The smallest absolute Gasteiger partial charge is 0.319 e. The second-order valence-corrected chi connectivity index (χ2v) is 4.28. The van der Waals surface area contributed by atoms with Crippen molar-refractivity contribution in [3.05, 3.63) is 36.7 Å². The number of urea groups is 1. The minimum absolute atomic E-state index is 0.0419. The Balaban J connectivity index is 1.94. The summed E-state index contributed by atoms with van der Waals surface area (Å²) in [5.41, 5.74) is 0.695. The molecule has 1 aromatic heterocycles. The van der Waals surface area contributed by atoms with Gasteiger partial charge in [-0.1, -0.05) is 12.1 Å². The number of aliphatic carboxylic acids is 1. The van der Waals surface area contributed by atoms with Crippen molar-refractivity contribution in [2.45, 2.75) is 12.8 Å². The number of carboxylic acid groups (broad SMARTS) is 1. The van der Waals surface area contributed by atoms with Gasteiger partial charge >= 0.3 is 12.0 Å². The Morgan fingerprint density at radius 1 is 1.25 bits per heavy atom. The van der Waals surface area contributed by atoms with Crippen LogP contribution in [0.1, 0.15) is 12.8 Å². The van der Waals surface area contributed by atoms with Gasteiger partial charge in [-0.25, -0.2) is 4.79 Å². The standard InChI is InChI=1S/C14H15N3O3/c18-13(19)5-2-7-16-14(20)17-12-4-1-3-10-9-15-8-6-11(10)12/h1,3-4,6,8-9H,2,5,7H2,(H,18,19)(H2,16,17,20). The number of hydrogen-bond acceptors (Lipinski definition) is 3. The van der Waals surface area contributed by atoms with Gasteiger partial charge < -0.3 is 15.7 Å². The molecule has 0 spiro atoms. The van der Waals surface area contributed by atoms with E-state index in [0.29, 0.717) is 18.7 Å². The number of amides is 2. The van der Waals surface area contributed by atoms with Crippen LogP contribution in [0.5, 0.6) is 0 Å². The molecule has 0 aliphatic rings. The van der Waals surface area contributed by atoms with Gasteiger partial charge in [-0.3, -0.25) is 9.78 Å². The van der Waals surface area contributed by atoms with Crippen LogP contribution < -0.4 is 10.6 Å². The summed E-state index contributed by atoms with van der Waals surface area (Å²) in [5.74, 6) is -0.867. The molecule has 0 saturated heterocycles. The predicted octanol–water partition coefficient (Wildman–Crippen LogP) is 2.22. The normalized spacial score (nSPS) is 10.2. The zero-order chi connectivity index (χ0) is 14.4. The maximum absolute atomic E-state index is 11.7. The topological polar surface area (TPSA) is 91.3 Å². The minimum atomic E-state index is -0.867. The van der Waals surface area contributed by atoms with Crippen LogP contribution in [0, 0.1) is 0 Å². The molecule has 0 aliphatic heterocycles. The highest BCUT2D eigenvalue weighted by atomic mass is 16.4. The summed E-state index contributed by atoms with van der Waals surface area (Å²) < 4.78 is 0. The third kappa shape index (κ3) is 3.68. The molecular formula is C14H15N3O3. The number of benzene rings is 1. The molecule has 6 nitrogen and oxygen atoms in total. The number of carbonyl (C=O) groups excluding carboxylic acids is 1. The molecule has 0 aliphatic carbocycles. The third-order valence-electron chi connectivity index (χ3n) is 2.78. The zero-order valence-corrected chi connectivity index (χ0v) is 10.8. The molecule has 0 bridgehead atoms. The average molecular weight is 273 g/mol. The van der Waals surface area contributed by atoms with E-state index < -0.39 is 5.97 Å². The predicted molar refractivity (Wildman–Crippen MR) is 75.6 cm³/mol. The van der Waals surface area contributed by atoms with Gasteiger partial charge in [0, 0.05) is 36.1 Å². The first kappa shape index (κ1) is 13.8. The summed E-state index contributed by atoms with van der Waals surface area (Å²) in [7, 11) is 0. The number of rotatable bonds is 5. The van der Waals surface area contributed by atoms with Gasteiger partial charge in [-0.2, -0.15) is 0 Å². The molecule has 1 aromatic carbocycles. The lowest BCUT2D eigenvalue weighted by atomic mass is 10.1. The van der Waals surface area contributed by atoms with Crippen molar-refractivity contribution in [2.24, 2.45) is 0 Å². The molecule has 1 heterocycles. The van der Waals surface area contributed by atoms with E-state index in [9.17, 15) is 9.59 Å². The van der Waals surface area contributed by atoms with Crippen LogP contribution in [0.2, 0.25) is 0 Å². The number of nitrogens with one attached hydrogen (secondary N) is 2. The monoisotopic (exact) mass is 273 g/mol. The summed E-state index contributed by atoms with van der Waals surface area (Å²) in [6, 6.07) is 7.04. The van der Waals surface area contributed by atoms with Crippen LogP contribution in [0.15, 0.2) is 36.7 Å². The Kier molecular flexibility index (Phi) is 4.49. The van der Waals surface area contributed by atoms with E-state index >= 15 is 0 Å². The second kappa shape index (κ2) is 6.51. The quantitative estimate of drug-likeness (QED) is 0.728. The first-order chi connectivity index (χ1) is 9.66. The lowest BCUT2D eigenvalue weighted by molar-refractivity contribution is -0.137. The van der Waals surface area contributed by atoms with Crippen molar-refractivity contribution in [1.82, 2.24) is 10.3 Å². The number of anilines is 1. The summed E-state index contributed by atoms with van der Waals surface area (Å²) >= 11 is 0. The lowest BCUT2D eigenvalue weighted by Gasteiger charge is -2.09. The molecule has 104 valence electrons. The molecule has 0 saturated carbocycles. The van der Waals surface area contributed by atoms with E-state index in [-0.39, 0.29) is 12.5 Å². The Morgan fingerprint density at radius 2 is 2.10 bits per heavy atom. The molecule has 0 atom stereocenters. The fraction of sp³-hybridized carbons (Fsp3) is 0.214. The van der Waals surface area contributed by atoms with Crippen molar-refractivity contribution in [3.63, 3.8) is 0 Å². The van der Waals surface area contributed by atoms with Crippen LogP contribution >= 0.6 is 0 Å². The van der Waals surface area contributed by atoms with Gasteiger partial charge in [0.1, 0.15) is 0 Å². The zero-order valence-electron chi connectivity index (χ0n) is 10.8. The lowest BCUT2D eigenvalue weighted by Crippen LogP contribution is -2.29. The van der Waals surface area contributed by atoms with Gasteiger partial charge in [0.25, 0.3) is 0 Å². The van der Waals surface area contributed by atoms with Gasteiger partial charge in [-0.05, 0) is 18.6 Å². The van der Waals surface area contributed by atoms with E-state index in [4.69, 9.17) is 5.11 Å². The Bertz CT molecular complexity index is 623.